The molecule has 0 radical (unpaired) electrons. The Labute approximate surface area is 271 Å². The zero-order valence-electron chi connectivity index (χ0n) is 26.5. The fraction of sp³-hybridized carbons (Fsp3) is 0.429. The highest BCUT2D eigenvalue weighted by atomic mass is 32.2. The molecule has 2 amide bonds. The van der Waals surface area contributed by atoms with E-state index in [4.69, 9.17) is 10.5 Å². The van der Waals surface area contributed by atoms with Crippen LogP contribution in [0.1, 0.15) is 44.2 Å². The van der Waals surface area contributed by atoms with Gasteiger partial charge in [0.15, 0.2) is 0 Å². The second kappa shape index (κ2) is 16.7. The van der Waals surface area contributed by atoms with Gasteiger partial charge >= 0.3 is 0 Å². The molecular weight excluding hydrogens is 586 g/mol. The third-order valence-corrected chi connectivity index (χ3v) is 9.09. The van der Waals surface area contributed by atoms with Crippen LogP contribution in [0.2, 0.25) is 0 Å². The molecule has 45 heavy (non-hydrogen) atoms. The number of nitrogens with two attached hydrogens (primary N) is 1. The fourth-order valence-electron chi connectivity index (χ4n) is 5.49. The van der Waals surface area contributed by atoms with E-state index in [0.717, 1.165) is 47.6 Å². The summed E-state index contributed by atoms with van der Waals surface area (Å²) in [7, 11) is 1.64. The fourth-order valence-corrected chi connectivity index (χ4v) is 6.64. The predicted octanol–water partition coefficient (Wildman–Crippen LogP) is 4.12. The number of hydrogen-bond acceptors (Lipinski definition) is 8. The Balaban J connectivity index is 1.34. The van der Waals surface area contributed by atoms with Crippen LogP contribution in [-0.2, 0) is 21.5 Å². The molecule has 6 N–H and O–H groups in total. The molecule has 1 aliphatic carbocycles. The first kappa shape index (κ1) is 34.3. The van der Waals surface area contributed by atoms with Crippen molar-refractivity contribution >= 4 is 29.4 Å². The monoisotopic (exact) mass is 633 g/mol. The standard InChI is InChI=1S/C35H47N5O4S/c1-25(2)23-40(45-30-15-13-28(36)14-16-30)24-32(41)31(19-26-9-5-4-6-10-26)39-34(43)21-37-33(42)22-38-35(17-8-18-35)27-11-7-12-29(20-27)44-3/h4-7,9-16,20,25,31-32,38,41H,8,17-19,21-24,36H2,1-3H3,(H,37,42)(H,39,43)/t31-,32+/m0/s1. The highest BCUT2D eigenvalue weighted by Crippen LogP contribution is 2.42. The number of nitrogens with zero attached hydrogens (tertiary/aromatic N) is 1. The third kappa shape index (κ3) is 10.5. The van der Waals surface area contributed by atoms with Gasteiger partial charge in [-0.3, -0.25) is 14.9 Å². The number of carbonyl (C=O) groups excluding carboxylic acids is 2. The molecule has 9 nitrogen and oxygen atoms in total. The summed E-state index contributed by atoms with van der Waals surface area (Å²) in [5.41, 5.74) is 8.38. The molecule has 2 atom stereocenters. The molecule has 4 rings (SSSR count). The van der Waals surface area contributed by atoms with Gasteiger partial charge < -0.3 is 26.2 Å². The van der Waals surface area contributed by atoms with Crippen LogP contribution in [0.15, 0.2) is 83.8 Å². The lowest BCUT2D eigenvalue weighted by atomic mass is 9.71. The lowest BCUT2D eigenvalue weighted by Gasteiger charge is -2.43. The van der Waals surface area contributed by atoms with Gasteiger partial charge in [-0.15, -0.1) is 0 Å². The average Bonchev–Trinajstić information content (AvgIpc) is 3.00. The van der Waals surface area contributed by atoms with E-state index in [1.54, 1.807) is 19.1 Å². The summed E-state index contributed by atoms with van der Waals surface area (Å²) in [4.78, 5) is 26.9. The Kier molecular flexibility index (Phi) is 12.7. The highest BCUT2D eigenvalue weighted by molar-refractivity contribution is 7.97. The molecule has 0 spiro atoms. The Morgan fingerprint density at radius 3 is 2.36 bits per heavy atom. The average molecular weight is 634 g/mol. The number of aliphatic hydroxyl groups excluding tert-OH is 1. The summed E-state index contributed by atoms with van der Waals surface area (Å²) in [5, 5.41) is 20.6. The number of benzene rings is 3. The molecule has 0 saturated heterocycles. The SMILES string of the molecule is COc1cccc(C2(NCC(=O)NCC(=O)N[C@@H](Cc3ccccc3)[C@H](O)CN(CC(C)C)Sc3ccc(N)cc3)CCC2)c1. The van der Waals surface area contributed by atoms with E-state index in [9.17, 15) is 14.7 Å². The molecule has 1 saturated carbocycles. The van der Waals surface area contributed by atoms with E-state index in [1.807, 2.05) is 72.8 Å². The Bertz CT molecular complexity index is 1370. The van der Waals surface area contributed by atoms with E-state index in [0.29, 0.717) is 24.6 Å². The summed E-state index contributed by atoms with van der Waals surface area (Å²) in [6.45, 7) is 5.26. The van der Waals surface area contributed by atoms with Crippen molar-refractivity contribution in [1.82, 2.24) is 20.3 Å². The van der Waals surface area contributed by atoms with Crippen LogP contribution in [0.25, 0.3) is 0 Å². The van der Waals surface area contributed by atoms with Gasteiger partial charge in [0.1, 0.15) is 5.75 Å². The largest absolute Gasteiger partial charge is 0.497 e. The molecule has 1 fully saturated rings. The van der Waals surface area contributed by atoms with Gasteiger partial charge in [0.25, 0.3) is 0 Å². The minimum absolute atomic E-state index is 0.0904. The van der Waals surface area contributed by atoms with E-state index < -0.39 is 12.1 Å². The number of carbonyl (C=O) groups is 2. The van der Waals surface area contributed by atoms with Crippen molar-refractivity contribution in [3.8, 4) is 5.75 Å². The quantitative estimate of drug-likeness (QED) is 0.111. The third-order valence-electron chi connectivity index (χ3n) is 8.05. The zero-order valence-corrected chi connectivity index (χ0v) is 27.3. The van der Waals surface area contributed by atoms with Crippen LogP contribution in [0.5, 0.6) is 5.75 Å². The van der Waals surface area contributed by atoms with Gasteiger partial charge in [-0.25, -0.2) is 4.31 Å². The molecule has 0 aliphatic heterocycles. The van der Waals surface area contributed by atoms with Gasteiger partial charge in [0.05, 0.1) is 32.3 Å². The lowest BCUT2D eigenvalue weighted by molar-refractivity contribution is -0.126. The van der Waals surface area contributed by atoms with Crippen LogP contribution in [0.3, 0.4) is 0 Å². The summed E-state index contributed by atoms with van der Waals surface area (Å²) in [5.74, 6) is 0.538. The van der Waals surface area contributed by atoms with Gasteiger partial charge in [0.2, 0.25) is 11.8 Å². The summed E-state index contributed by atoms with van der Waals surface area (Å²) in [6, 6.07) is 24.8. The minimum Gasteiger partial charge on any atom is -0.497 e. The van der Waals surface area contributed by atoms with Crippen LogP contribution < -0.4 is 26.4 Å². The van der Waals surface area contributed by atoms with Crippen LogP contribution in [-0.4, -0.2) is 66.7 Å². The van der Waals surface area contributed by atoms with Crippen molar-refractivity contribution in [2.75, 3.05) is 39.0 Å². The summed E-state index contributed by atoms with van der Waals surface area (Å²) >= 11 is 1.56. The molecule has 1 aliphatic rings. The summed E-state index contributed by atoms with van der Waals surface area (Å²) < 4.78 is 7.51. The maximum Gasteiger partial charge on any atom is 0.239 e. The second-order valence-electron chi connectivity index (χ2n) is 12.1. The number of methoxy groups -OCH3 is 1. The minimum atomic E-state index is -0.854. The smallest absolute Gasteiger partial charge is 0.239 e. The van der Waals surface area contributed by atoms with Crippen molar-refractivity contribution in [2.24, 2.45) is 5.92 Å². The van der Waals surface area contributed by atoms with Crippen molar-refractivity contribution in [2.45, 2.75) is 62.1 Å². The van der Waals surface area contributed by atoms with Crippen LogP contribution in [0.4, 0.5) is 5.69 Å². The first-order valence-corrected chi connectivity index (χ1v) is 16.4. The summed E-state index contributed by atoms with van der Waals surface area (Å²) in [6.07, 6.45) is 2.53. The number of nitrogen functional groups attached to an aromatic ring is 1. The number of aliphatic hydroxyl groups is 1. The van der Waals surface area contributed by atoms with Gasteiger partial charge in [-0.1, -0.05) is 56.3 Å². The second-order valence-corrected chi connectivity index (χ2v) is 13.3. The number of anilines is 1. The normalized spacial score (nSPS) is 15.2. The number of rotatable bonds is 17. The maximum absolute atomic E-state index is 13.1. The van der Waals surface area contributed by atoms with E-state index >= 15 is 0 Å². The molecule has 3 aromatic carbocycles. The first-order chi connectivity index (χ1) is 21.7. The van der Waals surface area contributed by atoms with Crippen molar-refractivity contribution in [1.29, 1.82) is 0 Å². The van der Waals surface area contributed by atoms with Crippen molar-refractivity contribution in [3.05, 3.63) is 90.0 Å². The van der Waals surface area contributed by atoms with Gasteiger partial charge in [-0.2, -0.15) is 0 Å². The Morgan fingerprint density at radius 1 is 0.978 bits per heavy atom. The maximum atomic E-state index is 13.1. The van der Waals surface area contributed by atoms with Crippen molar-refractivity contribution < 1.29 is 19.4 Å². The first-order valence-electron chi connectivity index (χ1n) is 15.6. The molecule has 0 aromatic heterocycles. The van der Waals surface area contributed by atoms with E-state index in [-0.39, 0.29) is 30.4 Å². The lowest BCUT2D eigenvalue weighted by Crippen LogP contribution is -2.53. The number of ether oxygens (including phenoxy) is 1. The number of nitrogens with one attached hydrogen (secondary N) is 3. The zero-order chi connectivity index (χ0) is 32.2. The molecule has 3 aromatic rings. The number of hydrogen-bond donors (Lipinski definition) is 5. The van der Waals surface area contributed by atoms with Crippen LogP contribution in [0, 0.1) is 5.92 Å². The molecule has 0 unspecified atom stereocenters. The topological polar surface area (TPSA) is 129 Å². The van der Waals surface area contributed by atoms with Crippen molar-refractivity contribution in [3.63, 3.8) is 0 Å². The van der Waals surface area contributed by atoms with E-state index in [1.165, 1.54) is 0 Å². The van der Waals surface area contributed by atoms with Gasteiger partial charge in [-0.05, 0) is 91.1 Å². The number of amides is 2. The molecule has 10 heteroatoms. The molecule has 0 bridgehead atoms. The molecule has 0 heterocycles. The van der Waals surface area contributed by atoms with Gasteiger partial charge in [0, 0.05) is 29.2 Å². The Morgan fingerprint density at radius 2 is 1.71 bits per heavy atom. The molecular formula is C35H47N5O4S. The Hall–Kier alpha value is -3.57. The van der Waals surface area contributed by atoms with Crippen LogP contribution >= 0.6 is 11.9 Å². The highest BCUT2D eigenvalue weighted by Gasteiger charge is 2.38. The van der Waals surface area contributed by atoms with E-state index in [2.05, 4.69) is 40.2 Å². The molecule has 242 valence electrons. The predicted molar refractivity (Wildman–Crippen MR) is 181 cm³/mol.